The van der Waals surface area contributed by atoms with Crippen LogP contribution in [0.1, 0.15) is 17.0 Å². The highest BCUT2D eigenvalue weighted by Crippen LogP contribution is 2.24. The van der Waals surface area contributed by atoms with Gasteiger partial charge >= 0.3 is 0 Å². The number of aryl methyl sites for hydroxylation is 2. The third-order valence-corrected chi connectivity index (χ3v) is 6.17. The lowest BCUT2D eigenvalue weighted by atomic mass is 10.2. The average Bonchev–Trinajstić information content (AvgIpc) is 2.88. The highest BCUT2D eigenvalue weighted by Gasteiger charge is 2.33. The van der Waals surface area contributed by atoms with E-state index in [1.54, 1.807) is 20.0 Å². The van der Waals surface area contributed by atoms with E-state index in [0.29, 0.717) is 37.6 Å². The normalized spacial score (nSPS) is 17.5. The standard InChI is InChI=1S/C15H20N4O3S/c1-12-15(13(2)22-17-12)23(20,21)19-8-6-18(7-9-19)11-14-4-3-5-16-10-14/h3-5,10H,6-9,11H2,1-2H3. The topological polar surface area (TPSA) is 79.5 Å². The second-order valence-electron chi connectivity index (χ2n) is 5.69. The zero-order valence-electron chi connectivity index (χ0n) is 13.3. The van der Waals surface area contributed by atoms with E-state index in [1.165, 1.54) is 4.31 Å². The van der Waals surface area contributed by atoms with E-state index in [0.717, 1.165) is 12.1 Å². The van der Waals surface area contributed by atoms with Crippen LogP contribution in [0.3, 0.4) is 0 Å². The molecule has 0 unspecified atom stereocenters. The summed E-state index contributed by atoms with van der Waals surface area (Å²) < 4.78 is 32.0. The minimum atomic E-state index is -3.54. The van der Waals surface area contributed by atoms with Crippen molar-refractivity contribution in [1.82, 2.24) is 19.3 Å². The minimum Gasteiger partial charge on any atom is -0.360 e. The monoisotopic (exact) mass is 336 g/mol. The Morgan fingerprint density at radius 1 is 1.22 bits per heavy atom. The summed E-state index contributed by atoms with van der Waals surface area (Å²) in [5, 5.41) is 3.75. The molecule has 2 aromatic rings. The molecule has 8 heteroatoms. The second kappa shape index (κ2) is 6.38. The van der Waals surface area contributed by atoms with Gasteiger partial charge in [-0.3, -0.25) is 9.88 Å². The molecule has 0 spiro atoms. The largest absolute Gasteiger partial charge is 0.360 e. The van der Waals surface area contributed by atoms with Crippen LogP contribution in [-0.4, -0.2) is 53.9 Å². The first kappa shape index (κ1) is 16.1. The van der Waals surface area contributed by atoms with Gasteiger partial charge in [-0.1, -0.05) is 11.2 Å². The van der Waals surface area contributed by atoms with Crippen molar-refractivity contribution in [2.75, 3.05) is 26.2 Å². The molecule has 0 radical (unpaired) electrons. The van der Waals surface area contributed by atoms with Crippen molar-refractivity contribution in [2.45, 2.75) is 25.3 Å². The number of aromatic nitrogens is 2. The van der Waals surface area contributed by atoms with E-state index in [9.17, 15) is 8.42 Å². The predicted octanol–water partition coefficient (Wildman–Crippen LogP) is 1.19. The van der Waals surface area contributed by atoms with Gasteiger partial charge in [-0.05, 0) is 25.5 Å². The maximum Gasteiger partial charge on any atom is 0.248 e. The second-order valence-corrected chi connectivity index (χ2v) is 7.57. The number of sulfonamides is 1. The molecule has 124 valence electrons. The van der Waals surface area contributed by atoms with Gasteiger partial charge in [0.2, 0.25) is 10.0 Å². The van der Waals surface area contributed by atoms with Crippen LogP contribution in [0.15, 0.2) is 33.9 Å². The number of hydrogen-bond acceptors (Lipinski definition) is 6. The lowest BCUT2D eigenvalue weighted by Crippen LogP contribution is -2.48. The molecule has 0 bridgehead atoms. The van der Waals surface area contributed by atoms with Crippen LogP contribution >= 0.6 is 0 Å². The third-order valence-electron chi connectivity index (χ3n) is 4.03. The number of piperazine rings is 1. The fraction of sp³-hybridized carbons (Fsp3) is 0.467. The first-order chi connectivity index (χ1) is 11.0. The van der Waals surface area contributed by atoms with Crippen molar-refractivity contribution in [3.63, 3.8) is 0 Å². The molecule has 0 aliphatic carbocycles. The zero-order valence-corrected chi connectivity index (χ0v) is 14.1. The van der Waals surface area contributed by atoms with Gasteiger partial charge in [0, 0.05) is 45.1 Å². The van der Waals surface area contributed by atoms with E-state index in [-0.39, 0.29) is 4.90 Å². The van der Waals surface area contributed by atoms with E-state index in [1.807, 2.05) is 18.3 Å². The minimum absolute atomic E-state index is 0.207. The first-order valence-corrected chi connectivity index (χ1v) is 8.97. The van der Waals surface area contributed by atoms with E-state index >= 15 is 0 Å². The summed E-state index contributed by atoms with van der Waals surface area (Å²) in [4.78, 5) is 6.55. The Balaban J connectivity index is 1.67. The van der Waals surface area contributed by atoms with Crippen molar-refractivity contribution >= 4 is 10.0 Å². The Morgan fingerprint density at radius 3 is 2.52 bits per heavy atom. The van der Waals surface area contributed by atoms with E-state index < -0.39 is 10.0 Å². The van der Waals surface area contributed by atoms with Gasteiger partial charge in [-0.25, -0.2) is 8.42 Å². The SMILES string of the molecule is Cc1noc(C)c1S(=O)(=O)N1CCN(Cc2cccnc2)CC1. The van der Waals surface area contributed by atoms with E-state index in [2.05, 4.69) is 15.0 Å². The summed E-state index contributed by atoms with van der Waals surface area (Å²) in [6, 6.07) is 3.94. The molecule has 0 N–H and O–H groups in total. The fourth-order valence-corrected chi connectivity index (χ4v) is 4.56. The van der Waals surface area contributed by atoms with Crippen LogP contribution in [0.4, 0.5) is 0 Å². The molecular formula is C15H20N4O3S. The van der Waals surface area contributed by atoms with Crippen LogP contribution in [0.25, 0.3) is 0 Å². The number of nitrogens with zero attached hydrogens (tertiary/aromatic N) is 4. The fourth-order valence-electron chi connectivity index (χ4n) is 2.85. The molecule has 0 saturated carbocycles. The van der Waals surface area contributed by atoms with Gasteiger partial charge < -0.3 is 4.52 Å². The summed E-state index contributed by atoms with van der Waals surface area (Å²) in [6.07, 6.45) is 3.59. The van der Waals surface area contributed by atoms with Crippen LogP contribution in [0.2, 0.25) is 0 Å². The molecule has 0 amide bonds. The molecule has 0 aromatic carbocycles. The molecule has 1 aliphatic rings. The van der Waals surface area contributed by atoms with Crippen LogP contribution < -0.4 is 0 Å². The molecule has 7 nitrogen and oxygen atoms in total. The molecule has 1 fully saturated rings. The highest BCUT2D eigenvalue weighted by atomic mass is 32.2. The van der Waals surface area contributed by atoms with Gasteiger partial charge in [0.1, 0.15) is 10.6 Å². The average molecular weight is 336 g/mol. The Bertz CT molecular complexity index is 746. The van der Waals surface area contributed by atoms with Crippen molar-refractivity contribution in [3.8, 4) is 0 Å². The summed E-state index contributed by atoms with van der Waals surface area (Å²) in [7, 11) is -3.54. The Morgan fingerprint density at radius 2 is 1.96 bits per heavy atom. The predicted molar refractivity (Wildman–Crippen MR) is 84.2 cm³/mol. The van der Waals surface area contributed by atoms with Crippen molar-refractivity contribution in [2.24, 2.45) is 0 Å². The van der Waals surface area contributed by atoms with Gasteiger partial charge in [-0.2, -0.15) is 4.31 Å². The number of pyridine rings is 1. The van der Waals surface area contributed by atoms with Crippen LogP contribution in [-0.2, 0) is 16.6 Å². The summed E-state index contributed by atoms with van der Waals surface area (Å²) >= 11 is 0. The van der Waals surface area contributed by atoms with E-state index in [4.69, 9.17) is 4.52 Å². The molecular weight excluding hydrogens is 316 g/mol. The lowest BCUT2D eigenvalue weighted by molar-refractivity contribution is 0.181. The Hall–Kier alpha value is -1.77. The Kier molecular flexibility index (Phi) is 4.47. The number of hydrogen-bond donors (Lipinski definition) is 0. The quantitative estimate of drug-likeness (QED) is 0.834. The highest BCUT2D eigenvalue weighted by molar-refractivity contribution is 7.89. The van der Waals surface area contributed by atoms with Gasteiger partial charge in [-0.15, -0.1) is 0 Å². The maximum atomic E-state index is 12.8. The van der Waals surface area contributed by atoms with Gasteiger partial charge in [0.15, 0.2) is 5.76 Å². The van der Waals surface area contributed by atoms with Gasteiger partial charge in [0.25, 0.3) is 0 Å². The molecule has 0 atom stereocenters. The summed E-state index contributed by atoms with van der Waals surface area (Å²) in [5.41, 5.74) is 1.55. The number of rotatable bonds is 4. The summed E-state index contributed by atoms with van der Waals surface area (Å²) in [5.74, 6) is 0.347. The van der Waals surface area contributed by atoms with Crippen molar-refractivity contribution in [1.29, 1.82) is 0 Å². The van der Waals surface area contributed by atoms with Crippen LogP contribution in [0, 0.1) is 13.8 Å². The maximum absolute atomic E-state index is 12.8. The molecule has 1 aliphatic heterocycles. The molecule has 1 saturated heterocycles. The molecule has 23 heavy (non-hydrogen) atoms. The van der Waals surface area contributed by atoms with Crippen LogP contribution in [0.5, 0.6) is 0 Å². The van der Waals surface area contributed by atoms with Crippen molar-refractivity contribution in [3.05, 3.63) is 41.5 Å². The first-order valence-electron chi connectivity index (χ1n) is 7.53. The lowest BCUT2D eigenvalue weighted by Gasteiger charge is -2.33. The van der Waals surface area contributed by atoms with Crippen molar-refractivity contribution < 1.29 is 12.9 Å². The Labute approximate surface area is 136 Å². The zero-order chi connectivity index (χ0) is 16.4. The summed E-state index contributed by atoms with van der Waals surface area (Å²) in [6.45, 7) is 6.38. The smallest absolute Gasteiger partial charge is 0.248 e. The molecule has 3 heterocycles. The van der Waals surface area contributed by atoms with Gasteiger partial charge in [0.05, 0.1) is 0 Å². The molecule has 3 rings (SSSR count). The third kappa shape index (κ3) is 3.29. The molecule has 2 aromatic heterocycles.